The molecule has 0 aromatic heterocycles. The molecule has 0 spiro atoms. The molecule has 0 radical (unpaired) electrons. The summed E-state index contributed by atoms with van der Waals surface area (Å²) in [4.78, 5) is 19.6. The van der Waals surface area contributed by atoms with E-state index in [9.17, 15) is 4.79 Å². The van der Waals surface area contributed by atoms with Gasteiger partial charge in [0.05, 0.1) is 20.3 Å². The van der Waals surface area contributed by atoms with E-state index >= 15 is 0 Å². The minimum absolute atomic E-state index is 0. The monoisotopic (exact) mass is 427 g/mol. The second-order valence-corrected chi connectivity index (χ2v) is 8.09. The van der Waals surface area contributed by atoms with Crippen LogP contribution in [0.1, 0.15) is 38.5 Å². The van der Waals surface area contributed by atoms with E-state index < -0.39 is 0 Å². The first kappa shape index (κ1) is 22.7. The molecule has 3 rings (SSSR count). The van der Waals surface area contributed by atoms with E-state index in [1.165, 1.54) is 32.1 Å². The standard InChI is InChI=1S/C20H29N3O3S.ClH/c1-23-16(13-27-20(23)22-14-7-5-4-6-8-14)12-19(24)21-15-9-10-17(25-2)18(11-15)26-3;/h9-11,14,16H,4-8,12-13H2,1-3H3,(H,21,24);1H. The fraction of sp³-hybridized carbons (Fsp3) is 0.600. The average Bonchev–Trinajstić information content (AvgIpc) is 3.02. The van der Waals surface area contributed by atoms with Crippen molar-refractivity contribution >= 4 is 40.9 Å². The molecule has 1 unspecified atom stereocenters. The van der Waals surface area contributed by atoms with E-state index in [-0.39, 0.29) is 24.4 Å². The molecule has 1 amide bonds. The lowest BCUT2D eigenvalue weighted by Crippen LogP contribution is -2.34. The number of rotatable bonds is 6. The number of methoxy groups -OCH3 is 2. The number of amides is 1. The third-order valence-electron chi connectivity index (χ3n) is 5.21. The van der Waals surface area contributed by atoms with Crippen molar-refractivity contribution in [2.24, 2.45) is 4.99 Å². The Morgan fingerprint density at radius 1 is 1.21 bits per heavy atom. The number of thioether (sulfide) groups is 1. The Morgan fingerprint density at radius 3 is 2.61 bits per heavy atom. The molecule has 2 fully saturated rings. The molecule has 1 atom stereocenters. The third kappa shape index (κ3) is 5.70. The van der Waals surface area contributed by atoms with Crippen molar-refractivity contribution < 1.29 is 14.3 Å². The summed E-state index contributed by atoms with van der Waals surface area (Å²) in [7, 11) is 5.23. The van der Waals surface area contributed by atoms with Gasteiger partial charge in [-0.05, 0) is 25.0 Å². The summed E-state index contributed by atoms with van der Waals surface area (Å²) in [6.07, 6.45) is 6.75. The lowest BCUT2D eigenvalue weighted by Gasteiger charge is -2.23. The molecular formula is C20H30ClN3O3S. The molecule has 1 aromatic carbocycles. The zero-order valence-electron chi connectivity index (χ0n) is 16.8. The fourth-order valence-electron chi connectivity index (χ4n) is 3.57. The van der Waals surface area contributed by atoms with Gasteiger partial charge in [-0.25, -0.2) is 0 Å². The van der Waals surface area contributed by atoms with Crippen LogP contribution in [-0.4, -0.2) is 55.1 Å². The number of halogens is 1. The second kappa shape index (κ2) is 10.8. The van der Waals surface area contributed by atoms with Crippen LogP contribution in [0.5, 0.6) is 11.5 Å². The van der Waals surface area contributed by atoms with Gasteiger partial charge in [-0.3, -0.25) is 9.79 Å². The first-order valence-corrected chi connectivity index (χ1v) is 10.5. The molecular weight excluding hydrogens is 398 g/mol. The quantitative estimate of drug-likeness (QED) is 0.737. The maximum absolute atomic E-state index is 12.5. The van der Waals surface area contributed by atoms with Crippen LogP contribution in [0, 0.1) is 0 Å². The van der Waals surface area contributed by atoms with E-state index in [1.54, 1.807) is 38.1 Å². The highest BCUT2D eigenvalue weighted by Crippen LogP contribution is 2.31. The maximum atomic E-state index is 12.5. The predicted molar refractivity (Wildman–Crippen MR) is 118 cm³/mol. The first-order chi connectivity index (χ1) is 13.1. The van der Waals surface area contributed by atoms with Gasteiger partial charge in [-0.2, -0.15) is 0 Å². The summed E-state index contributed by atoms with van der Waals surface area (Å²) in [5.74, 6) is 2.15. The molecule has 1 saturated carbocycles. The predicted octanol–water partition coefficient (Wildman–Crippen LogP) is 4.19. The number of carbonyl (C=O) groups excluding carboxylic acids is 1. The molecule has 1 heterocycles. The molecule has 156 valence electrons. The van der Waals surface area contributed by atoms with E-state index in [0.29, 0.717) is 29.6 Å². The van der Waals surface area contributed by atoms with Gasteiger partial charge in [0.15, 0.2) is 16.7 Å². The SMILES string of the molecule is COc1ccc(NC(=O)CC2CSC(=NC3CCCCC3)N2C)cc1OC.Cl. The Bertz CT molecular complexity index is 695. The second-order valence-electron chi connectivity index (χ2n) is 7.10. The minimum atomic E-state index is -0.00131. The van der Waals surface area contributed by atoms with Crippen molar-refractivity contribution in [3.8, 4) is 11.5 Å². The summed E-state index contributed by atoms with van der Waals surface area (Å²) in [6, 6.07) is 6.03. The lowest BCUT2D eigenvalue weighted by atomic mass is 9.96. The molecule has 1 aromatic rings. The summed E-state index contributed by atoms with van der Waals surface area (Å²) in [6.45, 7) is 0. The van der Waals surface area contributed by atoms with Crippen LogP contribution in [0.15, 0.2) is 23.2 Å². The van der Waals surface area contributed by atoms with Crippen molar-refractivity contribution in [2.75, 3.05) is 32.3 Å². The van der Waals surface area contributed by atoms with Crippen LogP contribution in [0.4, 0.5) is 5.69 Å². The van der Waals surface area contributed by atoms with Gasteiger partial charge >= 0.3 is 0 Å². The summed E-state index contributed by atoms with van der Waals surface area (Å²) in [5.41, 5.74) is 0.710. The van der Waals surface area contributed by atoms with Crippen LogP contribution in [0.25, 0.3) is 0 Å². The summed E-state index contributed by atoms with van der Waals surface area (Å²) in [5, 5.41) is 4.05. The van der Waals surface area contributed by atoms with Crippen LogP contribution in [0.3, 0.4) is 0 Å². The van der Waals surface area contributed by atoms with Crippen molar-refractivity contribution in [3.05, 3.63) is 18.2 Å². The van der Waals surface area contributed by atoms with Crippen LogP contribution in [0.2, 0.25) is 0 Å². The number of hydrogen-bond acceptors (Lipinski definition) is 5. The highest BCUT2D eigenvalue weighted by atomic mass is 35.5. The van der Waals surface area contributed by atoms with E-state index in [0.717, 1.165) is 10.9 Å². The number of anilines is 1. The van der Waals surface area contributed by atoms with Crippen LogP contribution in [-0.2, 0) is 4.79 Å². The summed E-state index contributed by atoms with van der Waals surface area (Å²) >= 11 is 1.77. The van der Waals surface area contributed by atoms with Gasteiger partial charge in [-0.1, -0.05) is 31.0 Å². The first-order valence-electron chi connectivity index (χ1n) is 9.56. The molecule has 6 nitrogen and oxygen atoms in total. The molecule has 8 heteroatoms. The number of carbonyl (C=O) groups is 1. The van der Waals surface area contributed by atoms with Crippen LogP contribution < -0.4 is 14.8 Å². The number of benzene rings is 1. The van der Waals surface area contributed by atoms with Crippen molar-refractivity contribution in [1.82, 2.24) is 4.90 Å². The zero-order chi connectivity index (χ0) is 19.2. The topological polar surface area (TPSA) is 63.2 Å². The fourth-order valence-corrected chi connectivity index (χ4v) is 4.83. The van der Waals surface area contributed by atoms with Gasteiger partial charge in [0.25, 0.3) is 0 Å². The van der Waals surface area contributed by atoms with E-state index in [4.69, 9.17) is 14.5 Å². The smallest absolute Gasteiger partial charge is 0.226 e. The number of nitrogens with zero attached hydrogens (tertiary/aromatic N) is 2. The van der Waals surface area contributed by atoms with E-state index in [2.05, 4.69) is 17.3 Å². The van der Waals surface area contributed by atoms with Crippen molar-refractivity contribution in [3.63, 3.8) is 0 Å². The Labute approximate surface area is 177 Å². The zero-order valence-corrected chi connectivity index (χ0v) is 18.4. The molecule has 2 aliphatic rings. The van der Waals surface area contributed by atoms with Gasteiger partial charge in [0.1, 0.15) is 0 Å². The Morgan fingerprint density at radius 2 is 1.93 bits per heavy atom. The largest absolute Gasteiger partial charge is 0.493 e. The maximum Gasteiger partial charge on any atom is 0.226 e. The minimum Gasteiger partial charge on any atom is -0.493 e. The van der Waals surface area contributed by atoms with Crippen molar-refractivity contribution in [2.45, 2.75) is 50.6 Å². The average molecular weight is 428 g/mol. The molecule has 1 aliphatic carbocycles. The lowest BCUT2D eigenvalue weighted by molar-refractivity contribution is -0.116. The Hall–Kier alpha value is -1.60. The Kier molecular flexibility index (Phi) is 8.76. The van der Waals surface area contributed by atoms with Gasteiger partial charge in [0, 0.05) is 37.0 Å². The Balaban J connectivity index is 0.00000280. The van der Waals surface area contributed by atoms with Gasteiger partial charge < -0.3 is 19.7 Å². The summed E-state index contributed by atoms with van der Waals surface area (Å²) < 4.78 is 10.5. The van der Waals surface area contributed by atoms with E-state index in [1.807, 2.05) is 6.07 Å². The van der Waals surface area contributed by atoms with Gasteiger partial charge in [0.2, 0.25) is 5.91 Å². The number of ether oxygens (including phenoxy) is 2. The molecule has 1 aliphatic heterocycles. The van der Waals surface area contributed by atoms with Crippen LogP contribution >= 0.6 is 24.2 Å². The highest BCUT2D eigenvalue weighted by Gasteiger charge is 2.30. The number of amidine groups is 1. The highest BCUT2D eigenvalue weighted by molar-refractivity contribution is 8.14. The number of aliphatic imine (C=N–C) groups is 1. The number of hydrogen-bond donors (Lipinski definition) is 1. The molecule has 0 bridgehead atoms. The molecule has 1 saturated heterocycles. The van der Waals surface area contributed by atoms with Gasteiger partial charge in [-0.15, -0.1) is 12.4 Å². The molecule has 28 heavy (non-hydrogen) atoms. The third-order valence-corrected chi connectivity index (χ3v) is 6.41. The normalized spacial score (nSPS) is 21.3. The molecule has 1 N–H and O–H groups in total. The van der Waals surface area contributed by atoms with Crippen molar-refractivity contribution in [1.29, 1.82) is 0 Å². The number of nitrogens with one attached hydrogen (secondary N) is 1.